The molecule has 0 aliphatic rings. The Bertz CT molecular complexity index is 370. The number of alkyl halides is 1. The molecule has 0 aliphatic heterocycles. The van der Waals surface area contributed by atoms with Gasteiger partial charge in [0.25, 0.3) is 10.1 Å². The summed E-state index contributed by atoms with van der Waals surface area (Å²) in [7, 11) is -2.37. The maximum atomic E-state index is 11.1. The molecule has 1 rings (SSSR count). The van der Waals surface area contributed by atoms with E-state index in [2.05, 4.69) is 33.7 Å². The van der Waals surface area contributed by atoms with Crippen molar-refractivity contribution in [2.24, 2.45) is 0 Å². The smallest absolute Gasteiger partial charge is 0.270 e. The van der Waals surface area contributed by atoms with Crippen LogP contribution in [0.15, 0.2) is 29.2 Å². The summed E-state index contributed by atoms with van der Waals surface area (Å²) in [5.74, 6) is 0. The highest BCUT2D eigenvalue weighted by Crippen LogP contribution is 2.11. The average Bonchev–Trinajstić information content (AvgIpc) is 2.20. The van der Waals surface area contributed by atoms with E-state index in [0.717, 1.165) is 12.7 Å². The summed E-state index contributed by atoms with van der Waals surface area (Å²) in [6.07, 6.45) is 0. The van der Waals surface area contributed by atoms with Gasteiger partial charge in [-0.2, -0.15) is 8.42 Å². The second-order valence-corrected chi connectivity index (χ2v) is 5.94. The largest absolute Gasteiger partial charge is 0.296 e. The summed E-state index contributed by atoms with van der Waals surface area (Å²) in [5, 5.41) is 0. The van der Waals surface area contributed by atoms with Crippen LogP contribution in [0.4, 0.5) is 0 Å². The van der Waals surface area contributed by atoms with Crippen LogP contribution in [0.3, 0.4) is 0 Å². The highest BCUT2D eigenvalue weighted by atomic mass is 127. The normalized spacial score (nSPS) is 10.4. The number of hydrogen-bond donors (Lipinski definition) is 0. The van der Waals surface area contributed by atoms with Crippen LogP contribution in [0, 0.1) is 6.92 Å². The molecule has 86 valence electrons. The van der Waals surface area contributed by atoms with Crippen molar-refractivity contribution in [3.8, 4) is 0 Å². The van der Waals surface area contributed by atoms with E-state index in [4.69, 9.17) is 0 Å². The molecule has 0 spiro atoms. The van der Waals surface area contributed by atoms with Gasteiger partial charge in [0.2, 0.25) is 0 Å². The molecule has 0 unspecified atom stereocenters. The van der Waals surface area contributed by atoms with Crippen LogP contribution in [0.25, 0.3) is 0 Å². The molecule has 3 nitrogen and oxygen atoms in total. The SMILES string of the molecule is CCI.COS(=O)(=O)c1ccc(C)cc1. The maximum absolute atomic E-state index is 11.1. The first-order chi connectivity index (χ1) is 6.97. The zero-order valence-corrected chi connectivity index (χ0v) is 12.0. The van der Waals surface area contributed by atoms with E-state index in [1.165, 1.54) is 16.6 Å². The molecule has 0 amide bonds. The van der Waals surface area contributed by atoms with Gasteiger partial charge in [0.05, 0.1) is 12.0 Å². The third kappa shape index (κ3) is 5.48. The quantitative estimate of drug-likeness (QED) is 0.472. The van der Waals surface area contributed by atoms with Crippen molar-refractivity contribution in [3.63, 3.8) is 0 Å². The summed E-state index contributed by atoms with van der Waals surface area (Å²) in [6.45, 7) is 4.00. The number of halogens is 1. The van der Waals surface area contributed by atoms with Crippen molar-refractivity contribution in [2.75, 3.05) is 11.5 Å². The topological polar surface area (TPSA) is 43.4 Å². The Hall–Kier alpha value is -0.140. The molecule has 0 aromatic heterocycles. The Morgan fingerprint density at radius 1 is 1.27 bits per heavy atom. The lowest BCUT2D eigenvalue weighted by molar-refractivity contribution is 0.398. The van der Waals surface area contributed by atoms with Gasteiger partial charge in [-0.15, -0.1) is 0 Å². The van der Waals surface area contributed by atoms with E-state index in [0.29, 0.717) is 0 Å². The minimum atomic E-state index is -3.51. The van der Waals surface area contributed by atoms with E-state index in [1.807, 2.05) is 6.92 Å². The van der Waals surface area contributed by atoms with Crippen molar-refractivity contribution in [3.05, 3.63) is 29.8 Å². The van der Waals surface area contributed by atoms with E-state index in [9.17, 15) is 8.42 Å². The van der Waals surface area contributed by atoms with Crippen molar-refractivity contribution in [1.29, 1.82) is 0 Å². The number of hydrogen-bond acceptors (Lipinski definition) is 3. The van der Waals surface area contributed by atoms with Crippen molar-refractivity contribution < 1.29 is 12.6 Å². The third-order valence-electron chi connectivity index (χ3n) is 1.53. The van der Waals surface area contributed by atoms with Crippen LogP contribution in [0.5, 0.6) is 0 Å². The standard InChI is InChI=1S/C8H10O3S.C2H5I/c1-7-3-5-8(6-4-7)12(9,10)11-2;1-2-3/h3-6H,1-2H3;2H2,1H3. The summed E-state index contributed by atoms with van der Waals surface area (Å²) in [5.41, 5.74) is 1.02. The first-order valence-electron chi connectivity index (χ1n) is 4.41. The average molecular weight is 342 g/mol. The van der Waals surface area contributed by atoms with Crippen LogP contribution in [0.1, 0.15) is 12.5 Å². The Labute approximate surface area is 105 Å². The van der Waals surface area contributed by atoms with E-state index >= 15 is 0 Å². The lowest BCUT2D eigenvalue weighted by Crippen LogP contribution is -2.02. The van der Waals surface area contributed by atoms with Crippen LogP contribution in [-0.2, 0) is 14.3 Å². The first-order valence-corrected chi connectivity index (χ1v) is 7.34. The molecular weight excluding hydrogens is 327 g/mol. The van der Waals surface area contributed by atoms with Gasteiger partial charge in [-0.05, 0) is 23.5 Å². The second kappa shape index (κ2) is 7.19. The minimum absolute atomic E-state index is 0.190. The Morgan fingerprint density at radius 2 is 1.67 bits per heavy atom. The molecule has 0 heterocycles. The molecule has 0 saturated carbocycles. The van der Waals surface area contributed by atoms with Crippen LogP contribution in [-0.4, -0.2) is 20.0 Å². The second-order valence-electron chi connectivity index (χ2n) is 2.70. The molecule has 1 aromatic carbocycles. The van der Waals surface area contributed by atoms with Crippen LogP contribution in [0.2, 0.25) is 0 Å². The molecule has 5 heteroatoms. The van der Waals surface area contributed by atoms with Crippen molar-refractivity contribution >= 4 is 32.7 Å². The van der Waals surface area contributed by atoms with Gasteiger partial charge < -0.3 is 0 Å². The van der Waals surface area contributed by atoms with Gasteiger partial charge in [0.15, 0.2) is 0 Å². The van der Waals surface area contributed by atoms with Gasteiger partial charge in [0.1, 0.15) is 0 Å². The Kier molecular flexibility index (Phi) is 7.12. The molecular formula is C10H15IO3S. The van der Waals surface area contributed by atoms with E-state index < -0.39 is 10.1 Å². The molecule has 0 atom stereocenters. The summed E-state index contributed by atoms with van der Waals surface area (Å²) < 4.78 is 27.7. The molecule has 0 radical (unpaired) electrons. The maximum Gasteiger partial charge on any atom is 0.296 e. The number of rotatable bonds is 2. The fraction of sp³-hybridized carbons (Fsp3) is 0.400. The fourth-order valence-electron chi connectivity index (χ4n) is 0.801. The van der Waals surface area contributed by atoms with Crippen LogP contribution < -0.4 is 0 Å². The highest BCUT2D eigenvalue weighted by molar-refractivity contribution is 14.1. The minimum Gasteiger partial charge on any atom is -0.270 e. The van der Waals surface area contributed by atoms with Crippen molar-refractivity contribution in [1.82, 2.24) is 0 Å². The predicted octanol–water partition coefficient (Wildman–Crippen LogP) is 2.77. The zero-order chi connectivity index (χ0) is 11.9. The Balaban J connectivity index is 0.000000583. The van der Waals surface area contributed by atoms with Crippen LogP contribution >= 0.6 is 22.6 Å². The summed E-state index contributed by atoms with van der Waals surface area (Å²) in [6, 6.07) is 6.50. The Morgan fingerprint density at radius 3 is 2.00 bits per heavy atom. The molecule has 0 N–H and O–H groups in total. The molecule has 1 aromatic rings. The number of benzene rings is 1. The summed E-state index contributed by atoms with van der Waals surface area (Å²) in [4.78, 5) is 0.190. The van der Waals surface area contributed by atoms with Gasteiger partial charge in [-0.1, -0.05) is 47.2 Å². The van der Waals surface area contributed by atoms with Gasteiger partial charge in [-0.25, -0.2) is 0 Å². The van der Waals surface area contributed by atoms with Gasteiger partial charge >= 0.3 is 0 Å². The van der Waals surface area contributed by atoms with Gasteiger partial charge in [0, 0.05) is 0 Å². The summed E-state index contributed by atoms with van der Waals surface area (Å²) >= 11 is 2.29. The third-order valence-corrected chi connectivity index (χ3v) is 2.82. The van der Waals surface area contributed by atoms with Gasteiger partial charge in [-0.3, -0.25) is 4.18 Å². The highest BCUT2D eigenvalue weighted by Gasteiger charge is 2.10. The first kappa shape index (κ1) is 14.9. The predicted molar refractivity (Wildman–Crippen MR) is 69.9 cm³/mol. The number of aryl methyl sites for hydroxylation is 1. The lowest BCUT2D eigenvalue weighted by atomic mass is 10.2. The van der Waals surface area contributed by atoms with E-state index in [1.54, 1.807) is 12.1 Å². The lowest BCUT2D eigenvalue weighted by Gasteiger charge is -2.00. The molecule has 0 fully saturated rings. The monoisotopic (exact) mass is 342 g/mol. The molecule has 0 bridgehead atoms. The molecule has 0 aliphatic carbocycles. The zero-order valence-electron chi connectivity index (χ0n) is 9.03. The van der Waals surface area contributed by atoms with E-state index in [-0.39, 0.29) is 4.90 Å². The molecule has 0 saturated heterocycles. The van der Waals surface area contributed by atoms with Crippen molar-refractivity contribution in [2.45, 2.75) is 18.7 Å². The molecule has 15 heavy (non-hydrogen) atoms. The fourth-order valence-corrected chi connectivity index (χ4v) is 1.46.